The van der Waals surface area contributed by atoms with Crippen LogP contribution in [-0.2, 0) is 0 Å². The van der Waals surface area contributed by atoms with E-state index in [1.54, 1.807) is 23.1 Å². The molecule has 0 fully saturated rings. The average molecular weight is 316 g/mol. The first-order valence-corrected chi connectivity index (χ1v) is 8.15. The molecule has 4 nitrogen and oxygen atoms in total. The molecule has 3 aromatic rings. The van der Waals surface area contributed by atoms with Gasteiger partial charge in [0.05, 0.1) is 10.2 Å². The summed E-state index contributed by atoms with van der Waals surface area (Å²) in [6, 6.07) is 11.9. The highest BCUT2D eigenvalue weighted by atomic mass is 32.2. The van der Waals surface area contributed by atoms with Crippen LogP contribution in [0.15, 0.2) is 45.6 Å². The Bertz CT molecular complexity index is 784. The van der Waals surface area contributed by atoms with E-state index in [4.69, 9.17) is 15.2 Å². The minimum atomic E-state index is 0.566. The summed E-state index contributed by atoms with van der Waals surface area (Å²) < 4.78 is 13.3. The third kappa shape index (κ3) is 2.41. The highest BCUT2D eigenvalue weighted by molar-refractivity contribution is 8.01. The molecular formula is C15H12N2O2S2. The Kier molecular flexibility index (Phi) is 3.12. The van der Waals surface area contributed by atoms with E-state index in [0.717, 1.165) is 20.5 Å². The van der Waals surface area contributed by atoms with E-state index in [0.29, 0.717) is 24.7 Å². The second kappa shape index (κ2) is 5.13. The lowest BCUT2D eigenvalue weighted by molar-refractivity contribution is 0.171. The minimum Gasteiger partial charge on any atom is -0.486 e. The summed E-state index contributed by atoms with van der Waals surface area (Å²) in [6.07, 6.45) is 0. The van der Waals surface area contributed by atoms with Crippen LogP contribution >= 0.6 is 23.1 Å². The summed E-state index contributed by atoms with van der Waals surface area (Å²) in [6.45, 7) is 1.14. The summed E-state index contributed by atoms with van der Waals surface area (Å²) in [5, 5.41) is 0. The van der Waals surface area contributed by atoms with E-state index in [1.165, 1.54) is 4.70 Å². The maximum absolute atomic E-state index is 6.11. The predicted octanol–water partition coefficient (Wildman–Crippen LogP) is 3.80. The molecule has 2 heterocycles. The SMILES string of the molecule is Nc1cc2c(cc1Sc1nc3ccccc3s1)OCCO2. The lowest BCUT2D eigenvalue weighted by Crippen LogP contribution is -2.15. The van der Waals surface area contributed by atoms with E-state index >= 15 is 0 Å². The number of hydrogen-bond acceptors (Lipinski definition) is 6. The molecule has 0 spiro atoms. The fourth-order valence-electron chi connectivity index (χ4n) is 2.16. The van der Waals surface area contributed by atoms with Crippen LogP contribution in [0.4, 0.5) is 5.69 Å². The molecule has 0 atom stereocenters. The molecule has 0 unspecified atom stereocenters. The van der Waals surface area contributed by atoms with Gasteiger partial charge in [-0.25, -0.2) is 4.98 Å². The molecule has 0 saturated heterocycles. The van der Waals surface area contributed by atoms with Gasteiger partial charge in [-0.2, -0.15) is 0 Å². The van der Waals surface area contributed by atoms with Crippen LogP contribution in [-0.4, -0.2) is 18.2 Å². The van der Waals surface area contributed by atoms with Crippen LogP contribution < -0.4 is 15.2 Å². The zero-order chi connectivity index (χ0) is 14.2. The van der Waals surface area contributed by atoms with E-state index < -0.39 is 0 Å². The van der Waals surface area contributed by atoms with Crippen molar-refractivity contribution in [3.8, 4) is 11.5 Å². The number of nitrogen functional groups attached to an aromatic ring is 1. The number of nitrogens with zero attached hydrogens (tertiary/aromatic N) is 1. The number of anilines is 1. The van der Waals surface area contributed by atoms with Gasteiger partial charge in [-0.1, -0.05) is 23.9 Å². The van der Waals surface area contributed by atoms with Gasteiger partial charge in [0.1, 0.15) is 13.2 Å². The summed E-state index contributed by atoms with van der Waals surface area (Å²) in [4.78, 5) is 5.56. The molecule has 2 N–H and O–H groups in total. The molecule has 0 amide bonds. The third-order valence-corrected chi connectivity index (χ3v) is 5.32. The van der Waals surface area contributed by atoms with Crippen molar-refractivity contribution in [3.63, 3.8) is 0 Å². The van der Waals surface area contributed by atoms with E-state index in [2.05, 4.69) is 11.1 Å². The third-order valence-electron chi connectivity index (χ3n) is 3.15. The second-order valence-corrected chi connectivity index (χ2v) is 6.90. The Hall–Kier alpha value is -1.92. The highest BCUT2D eigenvalue weighted by Gasteiger charge is 2.16. The molecule has 0 bridgehead atoms. The number of aromatic nitrogens is 1. The van der Waals surface area contributed by atoms with Gasteiger partial charge in [-0.15, -0.1) is 11.3 Å². The summed E-state index contributed by atoms with van der Waals surface area (Å²) in [5.41, 5.74) is 7.81. The Balaban J connectivity index is 1.70. The number of nitrogens with two attached hydrogens (primary N) is 1. The summed E-state index contributed by atoms with van der Waals surface area (Å²) in [5.74, 6) is 1.46. The minimum absolute atomic E-state index is 0.566. The van der Waals surface area contributed by atoms with Crippen molar-refractivity contribution >= 4 is 39.0 Å². The number of rotatable bonds is 2. The first-order valence-electron chi connectivity index (χ1n) is 6.52. The second-order valence-electron chi connectivity index (χ2n) is 4.58. The topological polar surface area (TPSA) is 57.4 Å². The van der Waals surface area contributed by atoms with Crippen LogP contribution in [0.3, 0.4) is 0 Å². The molecule has 1 aliphatic heterocycles. The van der Waals surface area contributed by atoms with Crippen molar-refractivity contribution in [1.29, 1.82) is 0 Å². The molecule has 21 heavy (non-hydrogen) atoms. The lowest BCUT2D eigenvalue weighted by Gasteiger charge is -2.19. The highest BCUT2D eigenvalue weighted by Crippen LogP contribution is 2.42. The van der Waals surface area contributed by atoms with Crippen molar-refractivity contribution in [2.24, 2.45) is 0 Å². The van der Waals surface area contributed by atoms with Crippen molar-refractivity contribution in [2.45, 2.75) is 9.24 Å². The number of benzene rings is 2. The zero-order valence-electron chi connectivity index (χ0n) is 11.0. The Morgan fingerprint density at radius 1 is 1.10 bits per heavy atom. The Morgan fingerprint density at radius 3 is 2.67 bits per heavy atom. The molecule has 6 heteroatoms. The predicted molar refractivity (Wildman–Crippen MR) is 85.6 cm³/mol. The van der Waals surface area contributed by atoms with E-state index in [9.17, 15) is 0 Å². The number of thiazole rings is 1. The quantitative estimate of drug-likeness (QED) is 0.729. The number of para-hydroxylation sites is 1. The largest absolute Gasteiger partial charge is 0.486 e. The number of fused-ring (bicyclic) bond motifs is 2. The molecule has 2 aromatic carbocycles. The molecule has 4 rings (SSSR count). The number of ether oxygens (including phenoxy) is 2. The molecule has 0 aliphatic carbocycles. The fraction of sp³-hybridized carbons (Fsp3) is 0.133. The number of hydrogen-bond donors (Lipinski definition) is 1. The fourth-order valence-corrected chi connectivity index (χ4v) is 4.24. The summed E-state index contributed by atoms with van der Waals surface area (Å²) >= 11 is 3.22. The van der Waals surface area contributed by atoms with Gasteiger partial charge in [0.15, 0.2) is 15.8 Å². The summed E-state index contributed by atoms with van der Waals surface area (Å²) in [7, 11) is 0. The smallest absolute Gasteiger partial charge is 0.163 e. The maximum Gasteiger partial charge on any atom is 0.163 e. The van der Waals surface area contributed by atoms with Gasteiger partial charge in [0.25, 0.3) is 0 Å². The van der Waals surface area contributed by atoms with Gasteiger partial charge < -0.3 is 15.2 Å². The molecule has 0 radical (unpaired) electrons. The average Bonchev–Trinajstić information content (AvgIpc) is 2.90. The Morgan fingerprint density at radius 2 is 1.86 bits per heavy atom. The molecule has 106 valence electrons. The zero-order valence-corrected chi connectivity index (χ0v) is 12.7. The van der Waals surface area contributed by atoms with Crippen LogP contribution in [0.2, 0.25) is 0 Å². The van der Waals surface area contributed by atoms with E-state index in [-0.39, 0.29) is 0 Å². The van der Waals surface area contributed by atoms with Gasteiger partial charge in [-0.3, -0.25) is 0 Å². The van der Waals surface area contributed by atoms with Crippen LogP contribution in [0.1, 0.15) is 0 Å². The first kappa shape index (κ1) is 12.8. The van der Waals surface area contributed by atoms with Gasteiger partial charge in [0, 0.05) is 22.7 Å². The first-order chi connectivity index (χ1) is 10.3. The van der Waals surface area contributed by atoms with Crippen molar-refractivity contribution in [1.82, 2.24) is 4.98 Å². The van der Waals surface area contributed by atoms with Crippen LogP contribution in [0.25, 0.3) is 10.2 Å². The van der Waals surface area contributed by atoms with Crippen molar-refractivity contribution in [3.05, 3.63) is 36.4 Å². The van der Waals surface area contributed by atoms with Gasteiger partial charge in [-0.05, 0) is 12.1 Å². The molecule has 0 saturated carbocycles. The molecular weight excluding hydrogens is 304 g/mol. The van der Waals surface area contributed by atoms with Gasteiger partial charge in [0.2, 0.25) is 0 Å². The van der Waals surface area contributed by atoms with Crippen molar-refractivity contribution in [2.75, 3.05) is 18.9 Å². The Labute approximate surface area is 129 Å². The van der Waals surface area contributed by atoms with Crippen LogP contribution in [0, 0.1) is 0 Å². The maximum atomic E-state index is 6.11. The standard InChI is InChI=1S/C15H12N2O2S2/c16-9-7-11-12(19-6-5-18-11)8-14(9)21-15-17-10-3-1-2-4-13(10)20-15/h1-4,7-8H,5-6,16H2. The normalized spacial score (nSPS) is 13.5. The molecule has 1 aromatic heterocycles. The van der Waals surface area contributed by atoms with Crippen molar-refractivity contribution < 1.29 is 9.47 Å². The monoisotopic (exact) mass is 316 g/mol. The molecule has 1 aliphatic rings. The van der Waals surface area contributed by atoms with E-state index in [1.807, 2.05) is 30.3 Å². The van der Waals surface area contributed by atoms with Crippen LogP contribution in [0.5, 0.6) is 11.5 Å². The van der Waals surface area contributed by atoms with Gasteiger partial charge >= 0.3 is 0 Å². The lowest BCUT2D eigenvalue weighted by atomic mass is 10.2.